The van der Waals surface area contributed by atoms with Gasteiger partial charge in [0.25, 0.3) is 0 Å². The van der Waals surface area contributed by atoms with E-state index in [4.69, 9.17) is 0 Å². The molecule has 3 saturated heterocycles. The van der Waals surface area contributed by atoms with Crippen molar-refractivity contribution in [3.05, 3.63) is 90.8 Å². The number of aromatic nitrogens is 2. The summed E-state index contributed by atoms with van der Waals surface area (Å²) in [6.07, 6.45) is 15.6. The Bertz CT molecular complexity index is 1650. The Morgan fingerprint density at radius 1 is 0.612 bits per heavy atom. The van der Waals surface area contributed by atoms with Crippen LogP contribution in [0.15, 0.2) is 57.2 Å². The quantitative estimate of drug-likeness (QED) is 0.439. The van der Waals surface area contributed by atoms with Crippen LogP contribution in [0.2, 0.25) is 0 Å². The van der Waals surface area contributed by atoms with Crippen LogP contribution in [-0.4, -0.2) is 95.0 Å². The largest absolute Gasteiger partial charge is 0.326 e. The average molecular weight is 665 g/mol. The average Bonchev–Trinajstić information content (AvgIpc) is 3.30. The molecular formula is C41H56N6O2. The Morgan fingerprint density at radius 3 is 1.55 bits per heavy atom. The molecule has 2 aromatic rings. The van der Waals surface area contributed by atoms with Crippen molar-refractivity contribution in [2.24, 2.45) is 23.7 Å². The van der Waals surface area contributed by atoms with Crippen molar-refractivity contribution in [1.29, 1.82) is 0 Å². The molecule has 5 heterocycles. The second kappa shape index (κ2) is 12.5. The summed E-state index contributed by atoms with van der Waals surface area (Å²) in [5.41, 5.74) is 8.37. The van der Waals surface area contributed by atoms with Gasteiger partial charge in [-0.25, -0.2) is 0 Å². The number of allylic oxidation sites excluding steroid dienone is 2. The lowest BCUT2D eigenvalue weighted by Gasteiger charge is -2.60. The third-order valence-electron chi connectivity index (χ3n) is 14.2. The molecule has 7 aliphatic rings. The third kappa shape index (κ3) is 5.30. The molecule has 6 atom stereocenters. The summed E-state index contributed by atoms with van der Waals surface area (Å²) >= 11 is 0. The van der Waals surface area contributed by atoms with Gasteiger partial charge in [-0.05, 0) is 145 Å². The van der Waals surface area contributed by atoms with Crippen LogP contribution in [0, 0.1) is 23.7 Å². The second-order valence-electron chi connectivity index (χ2n) is 16.9. The van der Waals surface area contributed by atoms with E-state index in [1.54, 1.807) is 12.1 Å². The Kier molecular flexibility index (Phi) is 8.18. The van der Waals surface area contributed by atoms with E-state index in [1.807, 2.05) is 0 Å². The standard InChI is InChI=1S/C41H56N6O2/c1-28-22-30-24-36-34(8-10-38(48)42-36)40(26-28)32(30)6-3-14-46(40)20-18-44-12-5-13-45(17-16-44)19-21-47-15-4-7-33-31-23-29(2)27-41(33,47)35-9-11-39(49)43-37(35)25-31/h8-11,22-23,30-33H,3-7,12-21,24-27H2,1-2H3,(H,42,48)(H,43,49)/t30-,31-,32+,33+,40+,41+/m0/s1. The molecule has 49 heavy (non-hydrogen) atoms. The molecule has 4 bridgehead atoms. The maximum atomic E-state index is 12.4. The van der Waals surface area contributed by atoms with Crippen molar-refractivity contribution in [2.45, 2.75) is 82.7 Å². The molecule has 0 amide bonds. The first-order chi connectivity index (χ1) is 23.8. The number of hydrogen-bond donors (Lipinski definition) is 2. The Morgan fingerprint density at radius 2 is 1.08 bits per heavy atom. The zero-order valence-corrected chi connectivity index (χ0v) is 29.8. The van der Waals surface area contributed by atoms with Gasteiger partial charge in [0.05, 0.1) is 11.1 Å². The fourth-order valence-electron chi connectivity index (χ4n) is 12.5. The molecule has 3 fully saturated rings. The third-order valence-corrected chi connectivity index (χ3v) is 14.2. The molecule has 262 valence electrons. The lowest BCUT2D eigenvalue weighted by Crippen LogP contribution is -2.62. The van der Waals surface area contributed by atoms with Crippen molar-refractivity contribution in [3.63, 3.8) is 0 Å². The number of rotatable bonds is 6. The predicted octanol–water partition coefficient (Wildman–Crippen LogP) is 4.63. The summed E-state index contributed by atoms with van der Waals surface area (Å²) in [4.78, 5) is 42.4. The number of hydrogen-bond acceptors (Lipinski definition) is 6. The summed E-state index contributed by atoms with van der Waals surface area (Å²) < 4.78 is 0. The number of nitrogens with one attached hydrogen (secondary N) is 2. The van der Waals surface area contributed by atoms with Crippen molar-refractivity contribution in [1.82, 2.24) is 29.6 Å². The highest BCUT2D eigenvalue weighted by Gasteiger charge is 2.56. The molecule has 4 aliphatic carbocycles. The van der Waals surface area contributed by atoms with Gasteiger partial charge in [-0.15, -0.1) is 0 Å². The molecule has 0 radical (unpaired) electrons. The van der Waals surface area contributed by atoms with E-state index in [2.05, 4.69) is 67.7 Å². The smallest absolute Gasteiger partial charge is 0.248 e. The summed E-state index contributed by atoms with van der Waals surface area (Å²) in [5, 5.41) is 0. The van der Waals surface area contributed by atoms with E-state index in [0.29, 0.717) is 23.7 Å². The van der Waals surface area contributed by atoms with Gasteiger partial charge in [0.15, 0.2) is 0 Å². The topological polar surface area (TPSA) is 78.7 Å². The number of fused-ring (bicyclic) bond motifs is 2. The van der Waals surface area contributed by atoms with E-state index in [9.17, 15) is 9.59 Å². The molecule has 0 aromatic carbocycles. The first kappa shape index (κ1) is 32.1. The van der Waals surface area contributed by atoms with Crippen LogP contribution in [0.1, 0.15) is 81.3 Å². The van der Waals surface area contributed by atoms with Gasteiger partial charge in [-0.3, -0.25) is 19.4 Å². The highest BCUT2D eigenvalue weighted by molar-refractivity contribution is 5.41. The Balaban J connectivity index is 0.874. The molecule has 0 unspecified atom stereocenters. The molecule has 2 aromatic heterocycles. The normalized spacial score (nSPS) is 34.9. The highest BCUT2D eigenvalue weighted by Crippen LogP contribution is 2.58. The van der Waals surface area contributed by atoms with Crippen LogP contribution in [0.5, 0.6) is 0 Å². The zero-order chi connectivity index (χ0) is 33.3. The van der Waals surface area contributed by atoms with Gasteiger partial charge in [0, 0.05) is 62.8 Å². The van der Waals surface area contributed by atoms with Crippen LogP contribution in [0.25, 0.3) is 0 Å². The molecule has 8 nitrogen and oxygen atoms in total. The van der Waals surface area contributed by atoms with Crippen molar-refractivity contribution >= 4 is 0 Å². The van der Waals surface area contributed by atoms with Crippen LogP contribution >= 0.6 is 0 Å². The number of pyridine rings is 2. The second-order valence-corrected chi connectivity index (χ2v) is 16.9. The van der Waals surface area contributed by atoms with Gasteiger partial charge in [-0.2, -0.15) is 0 Å². The monoisotopic (exact) mass is 664 g/mol. The van der Waals surface area contributed by atoms with Crippen LogP contribution in [0.4, 0.5) is 0 Å². The van der Waals surface area contributed by atoms with Crippen LogP contribution in [0.3, 0.4) is 0 Å². The summed E-state index contributed by atoms with van der Waals surface area (Å²) in [7, 11) is 0. The summed E-state index contributed by atoms with van der Waals surface area (Å²) in [5.74, 6) is 2.36. The maximum absolute atomic E-state index is 12.4. The fraction of sp³-hybridized carbons (Fsp3) is 0.659. The minimum atomic E-state index is 0.0273. The van der Waals surface area contributed by atoms with E-state index < -0.39 is 0 Å². The number of aromatic amines is 2. The van der Waals surface area contributed by atoms with E-state index in [1.165, 1.54) is 78.9 Å². The van der Waals surface area contributed by atoms with Crippen LogP contribution < -0.4 is 11.1 Å². The molecule has 0 spiro atoms. The molecule has 0 saturated carbocycles. The minimum Gasteiger partial charge on any atom is -0.326 e. The van der Waals surface area contributed by atoms with E-state index >= 15 is 0 Å². The van der Waals surface area contributed by atoms with Crippen molar-refractivity contribution < 1.29 is 0 Å². The number of likely N-dealkylation sites (tertiary alicyclic amines) is 2. The predicted molar refractivity (Wildman–Crippen MR) is 195 cm³/mol. The van der Waals surface area contributed by atoms with Gasteiger partial charge in [0.2, 0.25) is 11.1 Å². The summed E-state index contributed by atoms with van der Waals surface area (Å²) in [6.45, 7) is 16.0. The van der Waals surface area contributed by atoms with E-state index in [-0.39, 0.29) is 22.2 Å². The lowest BCUT2D eigenvalue weighted by atomic mass is 9.56. The van der Waals surface area contributed by atoms with Crippen molar-refractivity contribution in [3.8, 4) is 0 Å². The first-order valence-electron chi connectivity index (χ1n) is 19.6. The van der Waals surface area contributed by atoms with Crippen molar-refractivity contribution in [2.75, 3.05) is 65.4 Å². The van der Waals surface area contributed by atoms with E-state index in [0.717, 1.165) is 78.0 Å². The fourth-order valence-corrected chi connectivity index (χ4v) is 12.5. The molecule has 2 N–H and O–H groups in total. The zero-order valence-electron chi connectivity index (χ0n) is 29.8. The van der Waals surface area contributed by atoms with Gasteiger partial charge < -0.3 is 19.8 Å². The number of nitrogens with zero attached hydrogens (tertiary/aromatic N) is 4. The van der Waals surface area contributed by atoms with Gasteiger partial charge in [0.1, 0.15) is 0 Å². The molecular weight excluding hydrogens is 608 g/mol. The SMILES string of the molecule is CC1=C[C@H]2Cc3[nH]c(=O)ccc3[C@@]3(C1)[C@@H]2CCCN3CCN1CCCN(CCN2CCC[C@@H]3[C@H]4C=C(C)C[C@]32c2ccc(=O)[nH]c2C4)CC1. The van der Waals surface area contributed by atoms with Gasteiger partial charge in [-0.1, -0.05) is 23.3 Å². The maximum Gasteiger partial charge on any atom is 0.248 e. The molecule has 8 heteroatoms. The minimum absolute atomic E-state index is 0.0273. The molecule has 9 rings (SSSR count). The lowest BCUT2D eigenvalue weighted by molar-refractivity contribution is -0.0496. The first-order valence-corrected chi connectivity index (χ1v) is 19.6. The number of H-pyrrole nitrogens is 2. The Labute approximate surface area is 291 Å². The Hall–Kier alpha value is -2.78. The highest BCUT2D eigenvalue weighted by atomic mass is 16.1. The number of piperidine rings is 2. The van der Waals surface area contributed by atoms with Crippen LogP contribution in [-0.2, 0) is 23.9 Å². The van der Waals surface area contributed by atoms with Gasteiger partial charge >= 0.3 is 0 Å². The summed E-state index contributed by atoms with van der Waals surface area (Å²) in [6, 6.07) is 7.91. The molecule has 3 aliphatic heterocycles.